The van der Waals surface area contributed by atoms with E-state index in [1.165, 1.54) is 0 Å². The normalized spacial score (nSPS) is 10.7. The van der Waals surface area contributed by atoms with Crippen molar-refractivity contribution in [3.63, 3.8) is 0 Å². The molecule has 1 amide bonds. The van der Waals surface area contributed by atoms with Gasteiger partial charge in [-0.2, -0.15) is 0 Å². The maximum absolute atomic E-state index is 12.7. The molecule has 172 valence electrons. The van der Waals surface area contributed by atoms with Crippen LogP contribution in [0.15, 0.2) is 79.3 Å². The minimum atomic E-state index is -0.217. The summed E-state index contributed by atoms with van der Waals surface area (Å²) in [6, 6.07) is 18.3. The predicted molar refractivity (Wildman–Crippen MR) is 136 cm³/mol. The molecule has 0 aliphatic heterocycles. The highest BCUT2D eigenvalue weighted by Crippen LogP contribution is 2.22. The fourth-order valence-electron chi connectivity index (χ4n) is 3.52. The minimum absolute atomic E-state index is 0.217. The van der Waals surface area contributed by atoms with Crippen LogP contribution >= 0.6 is 0 Å². The predicted octanol–water partition coefficient (Wildman–Crippen LogP) is 5.17. The first-order valence-electron chi connectivity index (χ1n) is 11.0. The SMILES string of the molecule is Cc1ccnc(Nc2cc(Nc3ccc(NC(=O)c4ccc5nccnc5c4)cc3)nc(C)n2)c1. The lowest BCUT2D eigenvalue weighted by Gasteiger charge is -2.11. The topological polar surface area (TPSA) is 118 Å². The zero-order valence-corrected chi connectivity index (χ0v) is 19.1. The Morgan fingerprint density at radius 1 is 0.657 bits per heavy atom. The number of pyridine rings is 1. The van der Waals surface area contributed by atoms with Crippen molar-refractivity contribution >= 4 is 45.8 Å². The number of aryl methyl sites for hydroxylation is 2. The molecule has 0 aliphatic carbocycles. The molecule has 2 aromatic carbocycles. The van der Waals surface area contributed by atoms with Crippen molar-refractivity contribution in [3.8, 4) is 0 Å². The number of carbonyl (C=O) groups is 1. The second-order valence-corrected chi connectivity index (χ2v) is 7.95. The molecule has 0 fully saturated rings. The summed E-state index contributed by atoms with van der Waals surface area (Å²) in [5, 5.41) is 9.39. The van der Waals surface area contributed by atoms with Crippen LogP contribution in [0.25, 0.3) is 11.0 Å². The number of fused-ring (bicyclic) bond motifs is 1. The Kier molecular flexibility index (Phi) is 5.96. The van der Waals surface area contributed by atoms with Crippen molar-refractivity contribution < 1.29 is 4.79 Å². The highest BCUT2D eigenvalue weighted by Gasteiger charge is 2.09. The summed E-state index contributed by atoms with van der Waals surface area (Å²) >= 11 is 0. The molecule has 35 heavy (non-hydrogen) atoms. The Morgan fingerprint density at radius 2 is 1.37 bits per heavy atom. The Morgan fingerprint density at radius 3 is 2.14 bits per heavy atom. The quantitative estimate of drug-likeness (QED) is 0.316. The molecule has 0 atom stereocenters. The van der Waals surface area contributed by atoms with Gasteiger partial charge < -0.3 is 16.0 Å². The Bertz CT molecular complexity index is 1520. The monoisotopic (exact) mass is 462 g/mol. The van der Waals surface area contributed by atoms with E-state index in [-0.39, 0.29) is 5.91 Å². The highest BCUT2D eigenvalue weighted by molar-refractivity contribution is 6.05. The zero-order valence-electron chi connectivity index (χ0n) is 19.1. The standard InChI is InChI=1S/C26H22N8O/c1-16-9-10-29-23(13-16)34-25-15-24(30-17(2)31-25)32-19-4-6-20(7-5-19)33-26(35)18-3-8-21-22(14-18)28-12-11-27-21/h3-15H,1-2H3,(H,33,35)(H2,29,30,31,32,34). The number of nitrogens with zero attached hydrogens (tertiary/aromatic N) is 5. The maximum Gasteiger partial charge on any atom is 0.255 e. The Labute approximate surface area is 201 Å². The van der Waals surface area contributed by atoms with Gasteiger partial charge in [0, 0.05) is 41.6 Å². The molecule has 5 rings (SSSR count). The van der Waals surface area contributed by atoms with Gasteiger partial charge in [0.15, 0.2) is 0 Å². The number of hydrogen-bond acceptors (Lipinski definition) is 8. The first-order chi connectivity index (χ1) is 17.0. The van der Waals surface area contributed by atoms with E-state index in [2.05, 4.69) is 40.9 Å². The van der Waals surface area contributed by atoms with Crippen LogP contribution in [-0.4, -0.2) is 30.8 Å². The van der Waals surface area contributed by atoms with Crippen LogP contribution in [0.2, 0.25) is 0 Å². The fraction of sp³-hybridized carbons (Fsp3) is 0.0769. The first kappa shape index (κ1) is 21.9. The van der Waals surface area contributed by atoms with Crippen LogP contribution in [0.3, 0.4) is 0 Å². The molecule has 9 nitrogen and oxygen atoms in total. The molecule has 0 saturated heterocycles. The number of hydrogen-bond donors (Lipinski definition) is 3. The number of amides is 1. The third-order valence-corrected chi connectivity index (χ3v) is 5.16. The van der Waals surface area contributed by atoms with Gasteiger partial charge in [-0.1, -0.05) is 0 Å². The Balaban J connectivity index is 1.26. The van der Waals surface area contributed by atoms with Crippen LogP contribution < -0.4 is 16.0 Å². The number of aromatic nitrogens is 5. The van der Waals surface area contributed by atoms with Crippen LogP contribution in [0.4, 0.5) is 28.8 Å². The average Bonchev–Trinajstić information content (AvgIpc) is 2.84. The van der Waals surface area contributed by atoms with Crippen LogP contribution in [-0.2, 0) is 0 Å². The molecular formula is C26H22N8O. The van der Waals surface area contributed by atoms with Crippen molar-refractivity contribution in [2.24, 2.45) is 0 Å². The summed E-state index contributed by atoms with van der Waals surface area (Å²) in [5.41, 5.74) is 4.53. The van der Waals surface area contributed by atoms with E-state index >= 15 is 0 Å². The molecule has 3 aromatic heterocycles. The van der Waals surface area contributed by atoms with Crippen LogP contribution in [0.5, 0.6) is 0 Å². The smallest absolute Gasteiger partial charge is 0.255 e. The number of carbonyl (C=O) groups excluding carboxylic acids is 1. The van der Waals surface area contributed by atoms with Crippen molar-refractivity contribution in [1.82, 2.24) is 24.9 Å². The van der Waals surface area contributed by atoms with E-state index in [0.29, 0.717) is 40.0 Å². The molecule has 3 heterocycles. The van der Waals surface area contributed by atoms with Gasteiger partial charge in [-0.25, -0.2) is 15.0 Å². The second kappa shape index (κ2) is 9.52. The molecule has 0 bridgehead atoms. The van der Waals surface area contributed by atoms with Gasteiger partial charge in [0.2, 0.25) is 0 Å². The van der Waals surface area contributed by atoms with Crippen molar-refractivity contribution in [2.45, 2.75) is 13.8 Å². The molecular weight excluding hydrogens is 440 g/mol. The Hall–Kier alpha value is -4.92. The summed E-state index contributed by atoms with van der Waals surface area (Å²) in [5.74, 6) is 2.40. The third-order valence-electron chi connectivity index (χ3n) is 5.16. The van der Waals surface area contributed by atoms with Crippen LogP contribution in [0.1, 0.15) is 21.7 Å². The average molecular weight is 463 g/mol. The lowest BCUT2D eigenvalue weighted by molar-refractivity contribution is 0.102. The van der Waals surface area contributed by atoms with Crippen molar-refractivity contribution in [2.75, 3.05) is 16.0 Å². The molecule has 0 radical (unpaired) electrons. The summed E-state index contributed by atoms with van der Waals surface area (Å²) in [6.45, 7) is 3.84. The second-order valence-electron chi connectivity index (χ2n) is 7.95. The largest absolute Gasteiger partial charge is 0.340 e. The van der Waals surface area contributed by atoms with Gasteiger partial charge in [-0.3, -0.25) is 14.8 Å². The van der Waals surface area contributed by atoms with Gasteiger partial charge in [-0.15, -0.1) is 0 Å². The number of anilines is 5. The van der Waals surface area contributed by atoms with Gasteiger partial charge in [0.25, 0.3) is 5.91 Å². The molecule has 9 heteroatoms. The lowest BCUT2D eigenvalue weighted by atomic mass is 10.1. The van der Waals surface area contributed by atoms with Gasteiger partial charge in [0.1, 0.15) is 23.3 Å². The minimum Gasteiger partial charge on any atom is -0.340 e. The van der Waals surface area contributed by atoms with Crippen molar-refractivity contribution in [3.05, 3.63) is 96.2 Å². The molecule has 0 aliphatic rings. The first-order valence-corrected chi connectivity index (χ1v) is 11.0. The van der Waals surface area contributed by atoms with Crippen molar-refractivity contribution in [1.29, 1.82) is 0 Å². The number of nitrogens with one attached hydrogen (secondary N) is 3. The summed E-state index contributed by atoms with van der Waals surface area (Å²) in [7, 11) is 0. The number of rotatable bonds is 6. The summed E-state index contributed by atoms with van der Waals surface area (Å²) < 4.78 is 0. The van der Waals surface area contributed by atoms with Gasteiger partial charge >= 0.3 is 0 Å². The zero-order chi connectivity index (χ0) is 24.2. The third kappa shape index (κ3) is 5.36. The fourth-order valence-corrected chi connectivity index (χ4v) is 3.52. The number of benzene rings is 2. The molecule has 0 spiro atoms. The van der Waals surface area contributed by atoms with Crippen LogP contribution in [0, 0.1) is 13.8 Å². The van der Waals surface area contributed by atoms with E-state index < -0.39 is 0 Å². The molecule has 0 saturated carbocycles. The van der Waals surface area contributed by atoms with E-state index in [4.69, 9.17) is 0 Å². The molecule has 3 N–H and O–H groups in total. The van der Waals surface area contributed by atoms with E-state index in [1.807, 2.05) is 56.3 Å². The summed E-state index contributed by atoms with van der Waals surface area (Å²) in [4.78, 5) is 34.4. The summed E-state index contributed by atoms with van der Waals surface area (Å²) in [6.07, 6.45) is 4.98. The highest BCUT2D eigenvalue weighted by atomic mass is 16.1. The van der Waals surface area contributed by atoms with E-state index in [9.17, 15) is 4.79 Å². The van der Waals surface area contributed by atoms with E-state index in [0.717, 1.165) is 16.8 Å². The molecule has 0 unspecified atom stereocenters. The van der Waals surface area contributed by atoms with Gasteiger partial charge in [-0.05, 0) is 74.0 Å². The van der Waals surface area contributed by atoms with Gasteiger partial charge in [0.05, 0.1) is 11.0 Å². The maximum atomic E-state index is 12.7. The molecule has 5 aromatic rings. The van der Waals surface area contributed by atoms with E-state index in [1.54, 1.807) is 36.8 Å². The lowest BCUT2D eigenvalue weighted by Crippen LogP contribution is -2.11.